The highest BCUT2D eigenvalue weighted by Crippen LogP contribution is 2.15. The third-order valence-corrected chi connectivity index (χ3v) is 2.84. The molecule has 1 aromatic rings. The second-order valence-corrected chi connectivity index (χ2v) is 4.65. The number of hydrogen-bond acceptors (Lipinski definition) is 4. The van der Waals surface area contributed by atoms with Crippen LogP contribution >= 0.6 is 0 Å². The van der Waals surface area contributed by atoms with Crippen molar-refractivity contribution >= 4 is 6.08 Å². The normalized spacial score (nSPS) is 11.9. The van der Waals surface area contributed by atoms with E-state index in [1.54, 1.807) is 14.2 Å². The summed E-state index contributed by atoms with van der Waals surface area (Å²) in [6.07, 6.45) is 2.12. The standard InChI is InChI=1S/C15H24N2O2/c1-12(2)13(11-16-8-9-18-3)10-14-6-5-7-15(17-14)19-4/h5-7,10,12,16H,8-9,11H2,1-4H3/b13-10-. The van der Waals surface area contributed by atoms with Crippen LogP contribution in [-0.2, 0) is 4.74 Å². The highest BCUT2D eigenvalue weighted by atomic mass is 16.5. The van der Waals surface area contributed by atoms with Crippen molar-refractivity contribution in [2.75, 3.05) is 33.9 Å². The van der Waals surface area contributed by atoms with Crippen LogP contribution in [0.1, 0.15) is 19.5 Å². The van der Waals surface area contributed by atoms with Crippen LogP contribution in [0.5, 0.6) is 5.88 Å². The zero-order valence-corrected chi connectivity index (χ0v) is 12.3. The van der Waals surface area contributed by atoms with Gasteiger partial charge in [-0.25, -0.2) is 4.98 Å². The summed E-state index contributed by atoms with van der Waals surface area (Å²) < 4.78 is 10.2. The zero-order valence-electron chi connectivity index (χ0n) is 12.3. The van der Waals surface area contributed by atoms with Crippen molar-refractivity contribution in [2.45, 2.75) is 13.8 Å². The maximum Gasteiger partial charge on any atom is 0.213 e. The van der Waals surface area contributed by atoms with E-state index in [-0.39, 0.29) is 0 Å². The fourth-order valence-electron chi connectivity index (χ4n) is 1.64. The predicted molar refractivity (Wildman–Crippen MR) is 78.3 cm³/mol. The van der Waals surface area contributed by atoms with Gasteiger partial charge in [-0.05, 0) is 18.1 Å². The lowest BCUT2D eigenvalue weighted by Gasteiger charge is -2.12. The van der Waals surface area contributed by atoms with Crippen LogP contribution in [0.3, 0.4) is 0 Å². The molecule has 0 radical (unpaired) electrons. The molecule has 0 aliphatic heterocycles. The van der Waals surface area contributed by atoms with E-state index in [4.69, 9.17) is 9.47 Å². The smallest absolute Gasteiger partial charge is 0.213 e. The number of methoxy groups -OCH3 is 2. The van der Waals surface area contributed by atoms with Crippen molar-refractivity contribution < 1.29 is 9.47 Å². The van der Waals surface area contributed by atoms with Crippen LogP contribution < -0.4 is 10.1 Å². The van der Waals surface area contributed by atoms with Crippen LogP contribution in [-0.4, -0.2) is 38.9 Å². The summed E-state index contributed by atoms with van der Waals surface area (Å²) in [5.41, 5.74) is 2.24. The molecule has 0 amide bonds. The van der Waals surface area contributed by atoms with Crippen molar-refractivity contribution in [1.29, 1.82) is 0 Å². The second-order valence-electron chi connectivity index (χ2n) is 4.65. The number of aromatic nitrogens is 1. The molecule has 1 heterocycles. The fraction of sp³-hybridized carbons (Fsp3) is 0.533. The topological polar surface area (TPSA) is 43.4 Å². The summed E-state index contributed by atoms with van der Waals surface area (Å²) in [5, 5.41) is 3.36. The molecule has 1 rings (SSSR count). The van der Waals surface area contributed by atoms with E-state index in [9.17, 15) is 0 Å². The highest BCUT2D eigenvalue weighted by molar-refractivity contribution is 5.50. The van der Waals surface area contributed by atoms with E-state index < -0.39 is 0 Å². The largest absolute Gasteiger partial charge is 0.481 e. The molecular weight excluding hydrogens is 240 g/mol. The van der Waals surface area contributed by atoms with Gasteiger partial charge in [-0.15, -0.1) is 0 Å². The van der Waals surface area contributed by atoms with Crippen molar-refractivity contribution in [1.82, 2.24) is 10.3 Å². The van der Waals surface area contributed by atoms with E-state index in [1.165, 1.54) is 5.57 Å². The molecule has 1 N–H and O–H groups in total. The Morgan fingerprint density at radius 3 is 2.79 bits per heavy atom. The van der Waals surface area contributed by atoms with Crippen molar-refractivity contribution in [3.05, 3.63) is 29.5 Å². The van der Waals surface area contributed by atoms with Gasteiger partial charge in [0.25, 0.3) is 0 Å². The van der Waals surface area contributed by atoms with Crippen molar-refractivity contribution in [3.63, 3.8) is 0 Å². The first kappa shape index (κ1) is 15.7. The fourth-order valence-corrected chi connectivity index (χ4v) is 1.64. The zero-order chi connectivity index (χ0) is 14.1. The maximum absolute atomic E-state index is 5.14. The van der Waals surface area contributed by atoms with Gasteiger partial charge in [-0.2, -0.15) is 0 Å². The molecule has 0 bridgehead atoms. The Bertz CT molecular complexity index is 403. The monoisotopic (exact) mass is 264 g/mol. The minimum absolute atomic E-state index is 0.475. The van der Waals surface area contributed by atoms with E-state index >= 15 is 0 Å². The average Bonchev–Trinajstić information content (AvgIpc) is 2.42. The summed E-state index contributed by atoms with van der Waals surface area (Å²) >= 11 is 0. The van der Waals surface area contributed by atoms with Crippen LogP contribution in [0.2, 0.25) is 0 Å². The number of nitrogens with one attached hydrogen (secondary N) is 1. The molecular formula is C15H24N2O2. The quantitative estimate of drug-likeness (QED) is 0.732. The Kier molecular flexibility index (Phi) is 7.15. The van der Waals surface area contributed by atoms with E-state index in [1.807, 2.05) is 18.2 Å². The minimum Gasteiger partial charge on any atom is -0.481 e. The number of ether oxygens (including phenoxy) is 2. The van der Waals surface area contributed by atoms with Gasteiger partial charge in [0.15, 0.2) is 0 Å². The minimum atomic E-state index is 0.475. The van der Waals surface area contributed by atoms with Crippen molar-refractivity contribution in [3.8, 4) is 5.88 Å². The van der Waals surface area contributed by atoms with Gasteiger partial charge >= 0.3 is 0 Å². The molecule has 106 valence electrons. The molecule has 19 heavy (non-hydrogen) atoms. The SMILES string of the molecule is COCCNC/C(=C/c1cccc(OC)n1)C(C)C. The number of hydrogen-bond donors (Lipinski definition) is 1. The summed E-state index contributed by atoms with van der Waals surface area (Å²) in [6, 6.07) is 5.79. The lowest BCUT2D eigenvalue weighted by atomic mass is 10.0. The van der Waals surface area contributed by atoms with Gasteiger partial charge < -0.3 is 14.8 Å². The lowest BCUT2D eigenvalue weighted by molar-refractivity contribution is 0.200. The molecule has 0 aromatic carbocycles. The molecule has 0 atom stereocenters. The lowest BCUT2D eigenvalue weighted by Crippen LogP contribution is -2.23. The number of pyridine rings is 1. The Hall–Kier alpha value is -1.39. The van der Waals surface area contributed by atoms with Crippen LogP contribution in [0.25, 0.3) is 6.08 Å². The first-order chi connectivity index (χ1) is 9.17. The highest BCUT2D eigenvalue weighted by Gasteiger charge is 2.04. The van der Waals surface area contributed by atoms with Crippen LogP contribution in [0.15, 0.2) is 23.8 Å². The van der Waals surface area contributed by atoms with Gasteiger partial charge in [0.2, 0.25) is 5.88 Å². The molecule has 1 aromatic heterocycles. The molecule has 0 aliphatic carbocycles. The van der Waals surface area contributed by atoms with E-state index in [0.29, 0.717) is 11.8 Å². The first-order valence-corrected chi connectivity index (χ1v) is 6.58. The van der Waals surface area contributed by atoms with E-state index in [0.717, 1.165) is 25.4 Å². The predicted octanol–water partition coefficient (Wildman–Crippen LogP) is 2.37. The average molecular weight is 264 g/mol. The summed E-state index contributed by atoms with van der Waals surface area (Å²) in [7, 11) is 3.34. The Morgan fingerprint density at radius 2 is 2.16 bits per heavy atom. The molecule has 0 fully saturated rings. The Labute approximate surface area is 115 Å². The van der Waals surface area contributed by atoms with Gasteiger partial charge in [0.1, 0.15) is 0 Å². The van der Waals surface area contributed by atoms with Gasteiger partial charge in [0, 0.05) is 26.3 Å². The Morgan fingerprint density at radius 1 is 1.37 bits per heavy atom. The Balaban J connectivity index is 2.70. The molecule has 0 unspecified atom stereocenters. The van der Waals surface area contributed by atoms with Crippen LogP contribution in [0.4, 0.5) is 0 Å². The molecule has 0 spiro atoms. The van der Waals surface area contributed by atoms with Crippen molar-refractivity contribution in [2.24, 2.45) is 5.92 Å². The van der Waals surface area contributed by atoms with Crippen LogP contribution in [0, 0.1) is 5.92 Å². The number of nitrogens with zero attached hydrogens (tertiary/aromatic N) is 1. The van der Waals surface area contributed by atoms with Gasteiger partial charge in [0.05, 0.1) is 19.4 Å². The molecule has 0 saturated carbocycles. The van der Waals surface area contributed by atoms with Gasteiger partial charge in [-0.1, -0.05) is 25.5 Å². The molecule has 4 nitrogen and oxygen atoms in total. The molecule has 0 aliphatic rings. The summed E-state index contributed by atoms with van der Waals surface area (Å²) in [6.45, 7) is 6.79. The maximum atomic E-state index is 5.14. The summed E-state index contributed by atoms with van der Waals surface area (Å²) in [4.78, 5) is 4.41. The van der Waals surface area contributed by atoms with E-state index in [2.05, 4.69) is 30.2 Å². The molecule has 4 heteroatoms. The second kappa shape index (κ2) is 8.67. The number of rotatable bonds is 8. The molecule has 0 saturated heterocycles. The third-order valence-electron chi connectivity index (χ3n) is 2.84. The third kappa shape index (κ3) is 5.85. The summed E-state index contributed by atoms with van der Waals surface area (Å²) in [5.74, 6) is 1.12. The van der Waals surface area contributed by atoms with Gasteiger partial charge in [-0.3, -0.25) is 0 Å². The first-order valence-electron chi connectivity index (χ1n) is 6.58.